The van der Waals surface area contributed by atoms with Crippen molar-refractivity contribution in [1.82, 2.24) is 9.71 Å². The third-order valence-corrected chi connectivity index (χ3v) is 4.16. The van der Waals surface area contributed by atoms with Gasteiger partial charge in [-0.25, -0.2) is 4.39 Å². The zero-order chi connectivity index (χ0) is 15.2. The molecule has 0 aliphatic heterocycles. The molecule has 8 heteroatoms. The first-order valence-electron chi connectivity index (χ1n) is 5.95. The second-order valence-corrected chi connectivity index (χ2v) is 6.16. The van der Waals surface area contributed by atoms with E-state index in [4.69, 9.17) is 34.8 Å². The Hall–Kier alpha value is -0.720. The van der Waals surface area contributed by atoms with E-state index in [0.29, 0.717) is 28.8 Å². The summed E-state index contributed by atoms with van der Waals surface area (Å²) in [5, 5.41) is 4.17. The molecule has 0 fully saturated rings. The Labute approximate surface area is 141 Å². The maximum atomic E-state index is 13.0. The quantitative estimate of drug-likeness (QED) is 0.564. The number of nitrogens with zero attached hydrogens (tertiary/aromatic N) is 1. The number of rotatable bonds is 6. The summed E-state index contributed by atoms with van der Waals surface area (Å²) in [6.07, 6.45) is 3.05. The van der Waals surface area contributed by atoms with Gasteiger partial charge in [-0.15, -0.1) is 0 Å². The van der Waals surface area contributed by atoms with Gasteiger partial charge in [0.1, 0.15) is 5.82 Å². The van der Waals surface area contributed by atoms with Crippen LogP contribution in [0.2, 0.25) is 15.1 Å². The smallest absolute Gasteiger partial charge is 0.141 e. The van der Waals surface area contributed by atoms with Crippen LogP contribution >= 0.6 is 46.8 Å². The van der Waals surface area contributed by atoms with Gasteiger partial charge in [0.05, 0.1) is 20.8 Å². The van der Waals surface area contributed by atoms with Crippen LogP contribution in [-0.2, 0) is 0 Å². The van der Waals surface area contributed by atoms with Gasteiger partial charge in [0, 0.05) is 30.4 Å². The van der Waals surface area contributed by atoms with Gasteiger partial charge >= 0.3 is 0 Å². The van der Waals surface area contributed by atoms with Crippen molar-refractivity contribution >= 4 is 52.4 Å². The van der Waals surface area contributed by atoms with Crippen molar-refractivity contribution in [2.45, 2.75) is 4.90 Å². The molecule has 0 saturated carbocycles. The first kappa shape index (κ1) is 16.6. The summed E-state index contributed by atoms with van der Waals surface area (Å²) in [5.74, 6) is -0.426. The van der Waals surface area contributed by atoms with Crippen molar-refractivity contribution in [3.63, 3.8) is 0 Å². The molecule has 1 aromatic carbocycles. The Kier molecular flexibility index (Phi) is 6.39. The average molecular weight is 367 g/mol. The first-order chi connectivity index (χ1) is 10.1. The highest BCUT2D eigenvalue weighted by atomic mass is 35.5. The van der Waals surface area contributed by atoms with Gasteiger partial charge in [0.25, 0.3) is 0 Å². The molecule has 112 valence electrons. The summed E-state index contributed by atoms with van der Waals surface area (Å²) >= 11 is 19.0. The van der Waals surface area contributed by atoms with E-state index in [9.17, 15) is 4.39 Å². The van der Waals surface area contributed by atoms with Crippen molar-refractivity contribution in [3.05, 3.63) is 51.5 Å². The molecule has 0 radical (unpaired) electrons. The van der Waals surface area contributed by atoms with Gasteiger partial charge in [-0.2, -0.15) is 0 Å². The zero-order valence-electron chi connectivity index (χ0n) is 10.7. The van der Waals surface area contributed by atoms with E-state index in [1.165, 1.54) is 30.4 Å². The van der Waals surface area contributed by atoms with Gasteiger partial charge in [-0.3, -0.25) is 9.71 Å². The molecule has 0 aliphatic carbocycles. The van der Waals surface area contributed by atoms with Gasteiger partial charge in [-0.1, -0.05) is 34.8 Å². The molecule has 2 rings (SSSR count). The molecule has 0 spiro atoms. The predicted molar refractivity (Wildman–Crippen MR) is 88.0 cm³/mol. The molecule has 0 bridgehead atoms. The summed E-state index contributed by atoms with van der Waals surface area (Å²) in [5.41, 5.74) is 0.657. The van der Waals surface area contributed by atoms with E-state index in [2.05, 4.69) is 15.0 Å². The Balaban J connectivity index is 1.76. The van der Waals surface area contributed by atoms with Crippen LogP contribution in [-0.4, -0.2) is 18.1 Å². The molecule has 2 N–H and O–H groups in total. The number of halogens is 4. The number of benzene rings is 1. The predicted octanol–water partition coefficient (Wildman–Crippen LogP) is 4.89. The summed E-state index contributed by atoms with van der Waals surface area (Å²) in [7, 11) is 0. The van der Waals surface area contributed by atoms with Gasteiger partial charge in [-0.05, 0) is 30.1 Å². The van der Waals surface area contributed by atoms with E-state index < -0.39 is 5.82 Å². The summed E-state index contributed by atoms with van der Waals surface area (Å²) in [6, 6.07) is 4.56. The highest BCUT2D eigenvalue weighted by Crippen LogP contribution is 2.28. The number of pyridine rings is 1. The van der Waals surface area contributed by atoms with Gasteiger partial charge in [0.15, 0.2) is 0 Å². The van der Waals surface area contributed by atoms with Crippen molar-refractivity contribution in [2.24, 2.45) is 0 Å². The van der Waals surface area contributed by atoms with Crippen LogP contribution < -0.4 is 10.0 Å². The maximum absolute atomic E-state index is 13.0. The molecule has 0 atom stereocenters. The van der Waals surface area contributed by atoms with Crippen LogP contribution in [0.15, 0.2) is 35.5 Å². The Morgan fingerprint density at radius 2 is 1.76 bits per heavy atom. The highest BCUT2D eigenvalue weighted by molar-refractivity contribution is 7.97. The van der Waals surface area contributed by atoms with Gasteiger partial charge < -0.3 is 5.32 Å². The van der Waals surface area contributed by atoms with E-state index >= 15 is 0 Å². The Bertz CT molecular complexity index is 607. The molecule has 0 amide bonds. The van der Waals surface area contributed by atoms with Crippen molar-refractivity contribution in [3.8, 4) is 0 Å². The molecular weight excluding hydrogens is 356 g/mol. The molecular formula is C13H11Cl3FN3S. The molecule has 0 unspecified atom stereocenters. The van der Waals surface area contributed by atoms with E-state index in [1.54, 1.807) is 12.1 Å². The lowest BCUT2D eigenvalue weighted by Gasteiger charge is -2.10. The molecule has 3 nitrogen and oxygen atoms in total. The monoisotopic (exact) mass is 365 g/mol. The molecule has 21 heavy (non-hydrogen) atoms. The Morgan fingerprint density at radius 1 is 1.05 bits per heavy atom. The van der Waals surface area contributed by atoms with Crippen LogP contribution in [0.3, 0.4) is 0 Å². The summed E-state index contributed by atoms with van der Waals surface area (Å²) in [4.78, 5) is 4.71. The van der Waals surface area contributed by atoms with Gasteiger partial charge in [0.2, 0.25) is 0 Å². The minimum Gasteiger partial charge on any atom is -0.381 e. The molecule has 1 heterocycles. The second-order valence-electron chi connectivity index (χ2n) is 3.98. The number of hydrogen-bond donors (Lipinski definition) is 2. The fraction of sp³-hybridized carbons (Fsp3) is 0.154. The van der Waals surface area contributed by atoms with E-state index in [1.807, 2.05) is 0 Å². The van der Waals surface area contributed by atoms with Crippen molar-refractivity contribution in [1.29, 1.82) is 0 Å². The second kappa shape index (κ2) is 8.06. The number of nitrogens with one attached hydrogen (secondary N) is 2. The normalized spacial score (nSPS) is 10.7. The number of hydrogen-bond acceptors (Lipinski definition) is 4. The third-order valence-electron chi connectivity index (χ3n) is 2.46. The van der Waals surface area contributed by atoms with Crippen molar-refractivity contribution < 1.29 is 4.39 Å². The highest BCUT2D eigenvalue weighted by Gasteiger charge is 2.05. The third kappa shape index (κ3) is 4.90. The SMILES string of the molecule is Fc1ccc(SNCCNc2c(Cl)cncc2Cl)cc1Cl. The minimum absolute atomic E-state index is 0.107. The van der Waals surface area contributed by atoms with E-state index in [0.717, 1.165) is 4.90 Å². The number of aromatic nitrogens is 1. The van der Waals surface area contributed by atoms with Crippen LogP contribution in [0.1, 0.15) is 0 Å². The van der Waals surface area contributed by atoms with Crippen molar-refractivity contribution in [2.75, 3.05) is 18.4 Å². The maximum Gasteiger partial charge on any atom is 0.141 e. The van der Waals surface area contributed by atoms with Crippen LogP contribution in [0.4, 0.5) is 10.1 Å². The number of anilines is 1. The average Bonchev–Trinajstić information content (AvgIpc) is 2.45. The first-order valence-corrected chi connectivity index (χ1v) is 7.90. The largest absolute Gasteiger partial charge is 0.381 e. The molecule has 0 aliphatic rings. The Morgan fingerprint density at radius 3 is 2.43 bits per heavy atom. The molecule has 1 aromatic heterocycles. The zero-order valence-corrected chi connectivity index (χ0v) is 13.8. The van der Waals surface area contributed by atoms with Crippen LogP contribution in [0.5, 0.6) is 0 Å². The van der Waals surface area contributed by atoms with Crippen LogP contribution in [0.25, 0.3) is 0 Å². The lowest BCUT2D eigenvalue weighted by Crippen LogP contribution is -2.16. The lowest BCUT2D eigenvalue weighted by atomic mass is 10.3. The minimum atomic E-state index is -0.426. The fourth-order valence-electron chi connectivity index (χ4n) is 1.49. The molecule has 0 saturated heterocycles. The fourth-order valence-corrected chi connectivity index (χ4v) is 2.92. The van der Waals surface area contributed by atoms with Crippen LogP contribution in [0, 0.1) is 5.82 Å². The molecule has 2 aromatic rings. The lowest BCUT2D eigenvalue weighted by molar-refractivity contribution is 0.627. The summed E-state index contributed by atoms with van der Waals surface area (Å²) in [6.45, 7) is 1.26. The topological polar surface area (TPSA) is 37.0 Å². The standard InChI is InChI=1S/C13H11Cl3FN3S/c14-9-5-8(1-2-12(9)17)21-20-4-3-19-13-10(15)6-18-7-11(13)16/h1-2,5-7,20H,3-4H2,(H,18,19). The summed E-state index contributed by atoms with van der Waals surface area (Å²) < 4.78 is 16.1. The van der Waals surface area contributed by atoms with E-state index in [-0.39, 0.29) is 5.02 Å².